The second kappa shape index (κ2) is 5.44. The van der Waals surface area contributed by atoms with Crippen LogP contribution in [-0.4, -0.2) is 10.2 Å². The van der Waals surface area contributed by atoms with Gasteiger partial charge < -0.3 is 10.2 Å². The molecule has 0 radical (unpaired) electrons. The Morgan fingerprint density at radius 3 is 1.86 bits per heavy atom. The fraction of sp³-hybridized carbons (Fsp3) is 0.368. The van der Waals surface area contributed by atoms with Crippen LogP contribution in [0.3, 0.4) is 0 Å². The van der Waals surface area contributed by atoms with Crippen molar-refractivity contribution in [3.8, 4) is 11.5 Å². The SMILES string of the molecule is Cc1cc(Cc2c(C)c(C)cc(C)c2O)c(O)c(C)c1C. The van der Waals surface area contributed by atoms with Crippen LogP contribution in [0.5, 0.6) is 11.5 Å². The molecule has 2 aromatic carbocycles. The summed E-state index contributed by atoms with van der Waals surface area (Å²) in [6, 6.07) is 4.02. The highest BCUT2D eigenvalue weighted by Crippen LogP contribution is 2.34. The third-order valence-electron chi connectivity index (χ3n) is 4.71. The monoisotopic (exact) mass is 284 g/mol. The Hall–Kier alpha value is -1.96. The molecule has 0 amide bonds. The number of aromatic hydroxyl groups is 2. The van der Waals surface area contributed by atoms with Crippen LogP contribution in [0.1, 0.15) is 44.5 Å². The molecular weight excluding hydrogens is 260 g/mol. The van der Waals surface area contributed by atoms with Crippen LogP contribution >= 0.6 is 0 Å². The normalized spacial score (nSPS) is 11.0. The summed E-state index contributed by atoms with van der Waals surface area (Å²) in [4.78, 5) is 0. The van der Waals surface area contributed by atoms with Crippen LogP contribution < -0.4 is 0 Å². The van der Waals surface area contributed by atoms with Crippen LogP contribution in [0.25, 0.3) is 0 Å². The summed E-state index contributed by atoms with van der Waals surface area (Å²) in [6.07, 6.45) is 0.550. The Labute approximate surface area is 127 Å². The summed E-state index contributed by atoms with van der Waals surface area (Å²) < 4.78 is 0. The first-order valence-corrected chi connectivity index (χ1v) is 7.31. The molecule has 2 aromatic rings. The second-order valence-corrected chi connectivity index (χ2v) is 6.09. The van der Waals surface area contributed by atoms with Crippen molar-refractivity contribution in [3.05, 3.63) is 56.6 Å². The molecule has 0 unspecified atom stereocenters. The number of hydrogen-bond acceptors (Lipinski definition) is 2. The molecule has 0 bridgehead atoms. The lowest BCUT2D eigenvalue weighted by Gasteiger charge is -2.17. The first-order chi connectivity index (χ1) is 9.73. The predicted molar refractivity (Wildman–Crippen MR) is 87.4 cm³/mol. The number of rotatable bonds is 2. The highest BCUT2D eigenvalue weighted by Gasteiger charge is 2.15. The summed E-state index contributed by atoms with van der Waals surface area (Å²) in [5.74, 6) is 0.685. The Balaban J connectivity index is 2.59. The minimum Gasteiger partial charge on any atom is -0.507 e. The quantitative estimate of drug-likeness (QED) is 0.850. The van der Waals surface area contributed by atoms with E-state index in [1.807, 2.05) is 39.8 Å². The van der Waals surface area contributed by atoms with Crippen LogP contribution in [0, 0.1) is 41.5 Å². The number of hydrogen-bond donors (Lipinski definition) is 2. The van der Waals surface area contributed by atoms with Crippen LogP contribution in [0.15, 0.2) is 12.1 Å². The molecule has 0 aliphatic carbocycles. The maximum Gasteiger partial charge on any atom is 0.122 e. The van der Waals surface area contributed by atoms with Gasteiger partial charge in [-0.3, -0.25) is 0 Å². The lowest BCUT2D eigenvalue weighted by molar-refractivity contribution is 0.457. The summed E-state index contributed by atoms with van der Waals surface area (Å²) in [7, 11) is 0. The molecule has 0 aliphatic heterocycles. The largest absolute Gasteiger partial charge is 0.507 e. The minimum atomic E-state index is 0.341. The van der Waals surface area contributed by atoms with Gasteiger partial charge in [-0.15, -0.1) is 0 Å². The van der Waals surface area contributed by atoms with Crippen molar-refractivity contribution in [2.75, 3.05) is 0 Å². The van der Waals surface area contributed by atoms with Crippen molar-refractivity contribution in [2.45, 2.75) is 48.0 Å². The zero-order valence-corrected chi connectivity index (χ0v) is 13.8. The van der Waals surface area contributed by atoms with Gasteiger partial charge in [0.1, 0.15) is 11.5 Å². The number of benzene rings is 2. The van der Waals surface area contributed by atoms with Gasteiger partial charge >= 0.3 is 0 Å². The molecule has 0 saturated heterocycles. The highest BCUT2D eigenvalue weighted by atomic mass is 16.3. The van der Waals surface area contributed by atoms with E-state index in [2.05, 4.69) is 13.8 Å². The van der Waals surface area contributed by atoms with E-state index in [-0.39, 0.29) is 0 Å². The minimum absolute atomic E-state index is 0.341. The molecule has 112 valence electrons. The Morgan fingerprint density at radius 1 is 0.667 bits per heavy atom. The van der Waals surface area contributed by atoms with E-state index < -0.39 is 0 Å². The summed E-state index contributed by atoms with van der Waals surface area (Å²) in [5, 5.41) is 20.8. The first-order valence-electron chi connectivity index (χ1n) is 7.31. The predicted octanol–water partition coefficient (Wildman–Crippen LogP) is 4.54. The fourth-order valence-electron chi connectivity index (χ4n) is 2.85. The Morgan fingerprint density at radius 2 is 1.24 bits per heavy atom. The van der Waals surface area contributed by atoms with Gasteiger partial charge in [-0.1, -0.05) is 12.1 Å². The molecular formula is C19H24O2. The third kappa shape index (κ3) is 2.63. The summed E-state index contributed by atoms with van der Waals surface area (Å²) in [6.45, 7) is 12.0. The summed E-state index contributed by atoms with van der Waals surface area (Å²) >= 11 is 0. The lowest BCUT2D eigenvalue weighted by Crippen LogP contribution is -2.00. The zero-order valence-electron chi connectivity index (χ0n) is 13.8. The van der Waals surface area contributed by atoms with Crippen LogP contribution in [-0.2, 0) is 6.42 Å². The average Bonchev–Trinajstić information content (AvgIpc) is 2.44. The average molecular weight is 284 g/mol. The molecule has 2 heteroatoms. The van der Waals surface area contributed by atoms with Gasteiger partial charge in [0.25, 0.3) is 0 Å². The van der Waals surface area contributed by atoms with E-state index in [4.69, 9.17) is 0 Å². The van der Waals surface area contributed by atoms with Crippen molar-refractivity contribution in [1.82, 2.24) is 0 Å². The maximum absolute atomic E-state index is 10.4. The number of aryl methyl sites for hydroxylation is 3. The van der Waals surface area contributed by atoms with Crippen molar-refractivity contribution < 1.29 is 10.2 Å². The summed E-state index contributed by atoms with van der Waals surface area (Å²) in [5.41, 5.74) is 8.14. The van der Waals surface area contributed by atoms with Gasteiger partial charge in [0, 0.05) is 12.0 Å². The lowest BCUT2D eigenvalue weighted by atomic mass is 9.90. The molecule has 0 aromatic heterocycles. The van der Waals surface area contributed by atoms with Gasteiger partial charge in [-0.25, -0.2) is 0 Å². The van der Waals surface area contributed by atoms with E-state index >= 15 is 0 Å². The van der Waals surface area contributed by atoms with Crippen molar-refractivity contribution in [1.29, 1.82) is 0 Å². The fourth-order valence-corrected chi connectivity index (χ4v) is 2.85. The van der Waals surface area contributed by atoms with E-state index in [0.717, 1.165) is 33.4 Å². The van der Waals surface area contributed by atoms with Gasteiger partial charge in [0.15, 0.2) is 0 Å². The van der Waals surface area contributed by atoms with E-state index in [9.17, 15) is 10.2 Å². The van der Waals surface area contributed by atoms with Crippen LogP contribution in [0.4, 0.5) is 0 Å². The standard InChI is InChI=1S/C19H24O2/c1-10-7-12(3)18(20)17(14(10)5)9-16-8-11(2)13(4)15(6)19(16)21/h7-8,20-21H,9H2,1-6H3. The van der Waals surface area contributed by atoms with Crippen LogP contribution in [0.2, 0.25) is 0 Å². The smallest absolute Gasteiger partial charge is 0.122 e. The zero-order chi connectivity index (χ0) is 15.9. The van der Waals surface area contributed by atoms with E-state index in [1.165, 1.54) is 11.1 Å². The molecule has 0 atom stereocenters. The molecule has 2 rings (SSSR count). The third-order valence-corrected chi connectivity index (χ3v) is 4.71. The van der Waals surface area contributed by atoms with Gasteiger partial charge in [-0.05, 0) is 80.5 Å². The van der Waals surface area contributed by atoms with Crippen molar-refractivity contribution in [2.24, 2.45) is 0 Å². The molecule has 21 heavy (non-hydrogen) atoms. The second-order valence-electron chi connectivity index (χ2n) is 6.09. The molecule has 0 spiro atoms. The number of phenols is 2. The number of phenolic OH excluding ortho intramolecular Hbond substituents is 2. The molecule has 0 saturated carbocycles. The maximum atomic E-state index is 10.4. The highest BCUT2D eigenvalue weighted by molar-refractivity contribution is 5.54. The first kappa shape index (κ1) is 15.4. The molecule has 2 nitrogen and oxygen atoms in total. The van der Waals surface area contributed by atoms with Crippen molar-refractivity contribution in [3.63, 3.8) is 0 Å². The Bertz CT molecular complexity index is 686. The van der Waals surface area contributed by atoms with E-state index in [0.29, 0.717) is 17.9 Å². The molecule has 2 N–H and O–H groups in total. The Kier molecular flexibility index (Phi) is 3.99. The van der Waals surface area contributed by atoms with Gasteiger partial charge in [-0.2, -0.15) is 0 Å². The van der Waals surface area contributed by atoms with E-state index in [1.54, 1.807) is 0 Å². The topological polar surface area (TPSA) is 40.5 Å². The molecule has 0 heterocycles. The van der Waals surface area contributed by atoms with Gasteiger partial charge in [0.2, 0.25) is 0 Å². The molecule has 0 aliphatic rings. The molecule has 0 fully saturated rings. The van der Waals surface area contributed by atoms with Gasteiger partial charge in [0.05, 0.1) is 0 Å². The van der Waals surface area contributed by atoms with Crippen molar-refractivity contribution >= 4 is 0 Å².